The van der Waals surface area contributed by atoms with Gasteiger partial charge in [-0.2, -0.15) is 0 Å². The van der Waals surface area contributed by atoms with Crippen molar-refractivity contribution < 1.29 is 9.47 Å². The van der Waals surface area contributed by atoms with Crippen LogP contribution in [0.15, 0.2) is 42.5 Å². The van der Waals surface area contributed by atoms with Crippen LogP contribution in [0.4, 0.5) is 5.69 Å². The van der Waals surface area contributed by atoms with Crippen molar-refractivity contribution in [1.82, 2.24) is 0 Å². The zero-order valence-electron chi connectivity index (χ0n) is 10.7. The molecule has 0 bridgehead atoms. The minimum absolute atomic E-state index is 0.0271. The molecule has 4 rings (SSSR count). The molecule has 0 aliphatic carbocycles. The van der Waals surface area contributed by atoms with Crippen molar-refractivity contribution in [2.75, 3.05) is 11.9 Å². The summed E-state index contributed by atoms with van der Waals surface area (Å²) in [4.78, 5) is 0. The Morgan fingerprint density at radius 1 is 1.05 bits per heavy atom. The van der Waals surface area contributed by atoms with Crippen molar-refractivity contribution in [3.05, 3.63) is 53.6 Å². The number of rotatable bonds is 0. The normalized spacial score (nSPS) is 23.0. The van der Waals surface area contributed by atoms with E-state index >= 15 is 0 Å². The van der Waals surface area contributed by atoms with Crippen molar-refractivity contribution in [3.63, 3.8) is 0 Å². The molecule has 0 amide bonds. The first-order valence-corrected chi connectivity index (χ1v) is 6.57. The van der Waals surface area contributed by atoms with E-state index in [9.17, 15) is 0 Å². The molecule has 2 atom stereocenters. The van der Waals surface area contributed by atoms with Crippen molar-refractivity contribution in [1.29, 1.82) is 0 Å². The highest BCUT2D eigenvalue weighted by Gasteiger charge is 2.36. The Hall–Kier alpha value is -2.16. The van der Waals surface area contributed by atoms with Crippen LogP contribution in [-0.4, -0.2) is 12.6 Å². The molecule has 0 saturated heterocycles. The van der Waals surface area contributed by atoms with E-state index in [4.69, 9.17) is 9.47 Å². The second kappa shape index (κ2) is 3.92. The number of nitrogens with one attached hydrogen (secondary N) is 1. The fourth-order valence-electron chi connectivity index (χ4n) is 2.84. The summed E-state index contributed by atoms with van der Waals surface area (Å²) in [7, 11) is 0. The number of para-hydroxylation sites is 2. The minimum atomic E-state index is 0.0271. The lowest BCUT2D eigenvalue weighted by Gasteiger charge is -2.39. The third kappa shape index (κ3) is 1.58. The second-order valence-corrected chi connectivity index (χ2v) is 5.09. The summed E-state index contributed by atoms with van der Waals surface area (Å²) in [5, 5.41) is 3.56. The van der Waals surface area contributed by atoms with E-state index in [1.54, 1.807) is 0 Å². The molecule has 3 heteroatoms. The number of hydrogen-bond acceptors (Lipinski definition) is 3. The third-order valence-corrected chi connectivity index (χ3v) is 3.83. The van der Waals surface area contributed by atoms with E-state index in [-0.39, 0.29) is 12.1 Å². The van der Waals surface area contributed by atoms with E-state index in [1.165, 1.54) is 5.56 Å². The van der Waals surface area contributed by atoms with Crippen LogP contribution in [0.5, 0.6) is 11.5 Å². The van der Waals surface area contributed by atoms with Crippen molar-refractivity contribution in [2.45, 2.75) is 19.1 Å². The zero-order valence-corrected chi connectivity index (χ0v) is 10.7. The van der Waals surface area contributed by atoms with Crippen LogP contribution in [0.2, 0.25) is 0 Å². The number of hydrogen-bond donors (Lipinski definition) is 1. The van der Waals surface area contributed by atoms with Crippen LogP contribution in [-0.2, 0) is 0 Å². The molecule has 2 aliphatic rings. The van der Waals surface area contributed by atoms with Crippen LogP contribution >= 0.6 is 0 Å². The van der Waals surface area contributed by atoms with Crippen LogP contribution in [0.1, 0.15) is 17.2 Å². The number of fused-ring (bicyclic) bond motifs is 4. The lowest BCUT2D eigenvalue weighted by Crippen LogP contribution is -2.42. The fraction of sp³-hybridized carbons (Fsp3) is 0.250. The predicted molar refractivity (Wildman–Crippen MR) is 73.9 cm³/mol. The van der Waals surface area contributed by atoms with Gasteiger partial charge in [-0.1, -0.05) is 30.3 Å². The van der Waals surface area contributed by atoms with Gasteiger partial charge in [-0.25, -0.2) is 0 Å². The average molecular weight is 253 g/mol. The third-order valence-electron chi connectivity index (χ3n) is 3.83. The Balaban J connectivity index is 1.80. The highest BCUT2D eigenvalue weighted by Crippen LogP contribution is 2.43. The molecule has 1 N–H and O–H groups in total. The Morgan fingerprint density at radius 3 is 2.84 bits per heavy atom. The van der Waals surface area contributed by atoms with E-state index in [0.29, 0.717) is 6.61 Å². The second-order valence-electron chi connectivity index (χ2n) is 5.09. The zero-order chi connectivity index (χ0) is 12.8. The SMILES string of the molecule is Cc1cccc2c1NC1COc3ccccc3C1O2. The first-order valence-electron chi connectivity index (χ1n) is 6.57. The topological polar surface area (TPSA) is 30.5 Å². The molecule has 2 unspecified atom stereocenters. The van der Waals surface area contributed by atoms with E-state index in [0.717, 1.165) is 22.7 Å². The molecular formula is C16H15NO2. The number of ether oxygens (including phenoxy) is 2. The van der Waals surface area contributed by atoms with Gasteiger partial charge in [0.2, 0.25) is 0 Å². The predicted octanol–water partition coefficient (Wildman–Crippen LogP) is 3.30. The molecule has 96 valence electrons. The fourth-order valence-corrected chi connectivity index (χ4v) is 2.84. The quantitative estimate of drug-likeness (QED) is 0.781. The molecule has 3 nitrogen and oxygen atoms in total. The molecule has 2 aliphatic heterocycles. The van der Waals surface area contributed by atoms with Gasteiger partial charge in [-0.05, 0) is 24.6 Å². The molecule has 0 fully saturated rings. The molecular weight excluding hydrogens is 238 g/mol. The Bertz CT molecular complexity index is 638. The summed E-state index contributed by atoms with van der Waals surface area (Å²) < 4.78 is 12.0. The van der Waals surface area contributed by atoms with E-state index in [2.05, 4.69) is 24.4 Å². The van der Waals surface area contributed by atoms with Gasteiger partial charge in [-0.15, -0.1) is 0 Å². The van der Waals surface area contributed by atoms with Gasteiger partial charge >= 0.3 is 0 Å². The standard InChI is InChI=1S/C16H15NO2/c1-10-5-4-8-14-15(10)17-12-9-18-13-7-3-2-6-11(13)16(12)19-14/h2-8,12,16-17H,9H2,1H3. The average Bonchev–Trinajstić information content (AvgIpc) is 2.46. The molecule has 0 saturated carbocycles. The highest BCUT2D eigenvalue weighted by molar-refractivity contribution is 5.64. The van der Waals surface area contributed by atoms with Crippen LogP contribution in [0.25, 0.3) is 0 Å². The maximum Gasteiger partial charge on any atom is 0.151 e. The molecule has 19 heavy (non-hydrogen) atoms. The summed E-state index contributed by atoms with van der Waals surface area (Å²) in [5.74, 6) is 1.86. The maximum atomic E-state index is 6.20. The lowest BCUT2D eigenvalue weighted by atomic mass is 9.96. The summed E-state index contributed by atoms with van der Waals surface area (Å²) in [6.45, 7) is 2.72. The minimum Gasteiger partial charge on any atom is -0.491 e. The van der Waals surface area contributed by atoms with E-state index in [1.807, 2.05) is 30.3 Å². The van der Waals surface area contributed by atoms with Crippen molar-refractivity contribution >= 4 is 5.69 Å². The summed E-state index contributed by atoms with van der Waals surface area (Å²) in [6.07, 6.45) is 0.0271. The van der Waals surface area contributed by atoms with Gasteiger partial charge in [0.25, 0.3) is 0 Å². The number of anilines is 1. The van der Waals surface area contributed by atoms with Gasteiger partial charge in [0.15, 0.2) is 6.10 Å². The van der Waals surface area contributed by atoms with Gasteiger partial charge < -0.3 is 14.8 Å². The molecule has 0 radical (unpaired) electrons. The first-order chi connectivity index (χ1) is 9.33. The van der Waals surface area contributed by atoms with Crippen LogP contribution in [0.3, 0.4) is 0 Å². The number of benzene rings is 2. The van der Waals surface area contributed by atoms with Gasteiger partial charge in [0, 0.05) is 5.56 Å². The van der Waals surface area contributed by atoms with Crippen LogP contribution < -0.4 is 14.8 Å². The number of aryl methyl sites for hydroxylation is 1. The Labute approximate surface area is 112 Å². The molecule has 2 heterocycles. The van der Waals surface area contributed by atoms with E-state index < -0.39 is 0 Å². The summed E-state index contributed by atoms with van der Waals surface area (Å²) >= 11 is 0. The van der Waals surface area contributed by atoms with Gasteiger partial charge in [0.05, 0.1) is 5.69 Å². The Morgan fingerprint density at radius 2 is 1.89 bits per heavy atom. The molecule has 0 spiro atoms. The maximum absolute atomic E-state index is 6.20. The summed E-state index contributed by atoms with van der Waals surface area (Å²) in [6, 6.07) is 14.4. The summed E-state index contributed by atoms with van der Waals surface area (Å²) in [5.41, 5.74) is 3.42. The first kappa shape index (κ1) is 10.7. The largest absolute Gasteiger partial charge is 0.491 e. The smallest absolute Gasteiger partial charge is 0.151 e. The van der Waals surface area contributed by atoms with Crippen molar-refractivity contribution in [3.8, 4) is 11.5 Å². The van der Waals surface area contributed by atoms with Gasteiger partial charge in [0.1, 0.15) is 24.1 Å². The Kier molecular flexibility index (Phi) is 2.21. The highest BCUT2D eigenvalue weighted by atomic mass is 16.5. The van der Waals surface area contributed by atoms with Crippen LogP contribution in [0, 0.1) is 6.92 Å². The van der Waals surface area contributed by atoms with Gasteiger partial charge in [-0.3, -0.25) is 0 Å². The molecule has 2 aromatic rings. The lowest BCUT2D eigenvalue weighted by molar-refractivity contribution is 0.111. The molecule has 2 aromatic carbocycles. The molecule has 0 aromatic heterocycles. The van der Waals surface area contributed by atoms with Crippen molar-refractivity contribution in [2.24, 2.45) is 0 Å². The monoisotopic (exact) mass is 253 g/mol.